The van der Waals surface area contributed by atoms with Crippen molar-refractivity contribution in [3.8, 4) is 0 Å². The molecule has 2 bridgehead atoms. The Hall–Kier alpha value is -0.110. The predicted octanol–water partition coefficient (Wildman–Crippen LogP) is 1.37. The molecule has 0 atom stereocenters. The average molecular weight is 141 g/mol. The van der Waals surface area contributed by atoms with E-state index in [1.165, 1.54) is 0 Å². The second kappa shape index (κ2) is 1.06. The third-order valence-electron chi connectivity index (χ3n) is 3.81. The van der Waals surface area contributed by atoms with Crippen LogP contribution in [-0.4, -0.2) is 11.2 Å². The number of nitrogens with two attached hydrogens (primary N) is 1. The molecule has 56 valence electrons. The Kier molecular flexibility index (Phi) is 0.584. The van der Waals surface area contributed by atoms with E-state index in [-0.39, 0.29) is 11.0 Å². The molecule has 2 heteroatoms. The van der Waals surface area contributed by atoms with E-state index in [4.69, 9.17) is 5.73 Å². The Bertz CT molecular complexity index is 188. The van der Waals surface area contributed by atoms with Crippen LogP contribution in [0.4, 0.5) is 4.39 Å². The Balaban J connectivity index is 1.86. The highest BCUT2D eigenvalue weighted by molar-refractivity contribution is 5.31. The summed E-state index contributed by atoms with van der Waals surface area (Å²) < 4.78 is 13.0. The van der Waals surface area contributed by atoms with Crippen molar-refractivity contribution in [2.24, 2.45) is 11.1 Å². The molecule has 1 nitrogen and oxygen atoms in total. The fourth-order valence-electron chi connectivity index (χ4n) is 2.86. The van der Waals surface area contributed by atoms with E-state index in [1.807, 2.05) is 0 Å². The minimum atomic E-state index is -0.755. The molecule has 0 unspecified atom stereocenters. The maximum Gasteiger partial charge on any atom is 0.112 e. The summed E-state index contributed by atoms with van der Waals surface area (Å²) in [5, 5.41) is 0. The Morgan fingerprint density at radius 1 is 1.10 bits per heavy atom. The molecule has 0 radical (unpaired) electrons. The summed E-state index contributed by atoms with van der Waals surface area (Å²) in [6.45, 7) is 0. The number of hydrogen-bond acceptors (Lipinski definition) is 1. The molecule has 4 aliphatic carbocycles. The lowest BCUT2D eigenvalue weighted by Crippen LogP contribution is -2.72. The van der Waals surface area contributed by atoms with E-state index in [0.717, 1.165) is 32.1 Å². The van der Waals surface area contributed by atoms with E-state index in [2.05, 4.69) is 0 Å². The van der Waals surface area contributed by atoms with Crippen LogP contribution in [0.15, 0.2) is 0 Å². The summed E-state index contributed by atoms with van der Waals surface area (Å²) in [6.07, 6.45) is 4.61. The minimum Gasteiger partial charge on any atom is -0.325 e. The zero-order valence-electron chi connectivity index (χ0n) is 5.99. The van der Waals surface area contributed by atoms with E-state index in [9.17, 15) is 4.39 Å². The van der Waals surface area contributed by atoms with Gasteiger partial charge >= 0.3 is 0 Å². The zero-order valence-corrected chi connectivity index (χ0v) is 5.99. The predicted molar refractivity (Wildman–Crippen MR) is 36.3 cm³/mol. The minimum absolute atomic E-state index is 0.0842. The van der Waals surface area contributed by atoms with E-state index in [1.54, 1.807) is 0 Å². The molecule has 10 heavy (non-hydrogen) atoms. The molecule has 4 aliphatic rings. The second-order valence-electron chi connectivity index (χ2n) is 4.62. The van der Waals surface area contributed by atoms with Crippen LogP contribution >= 0.6 is 0 Å². The molecule has 0 heterocycles. The largest absolute Gasteiger partial charge is 0.325 e. The number of halogens is 1. The summed E-state index contributed by atoms with van der Waals surface area (Å²) in [5.41, 5.74) is 5.62. The van der Waals surface area contributed by atoms with Crippen LogP contribution in [0.2, 0.25) is 0 Å². The third kappa shape index (κ3) is 0.368. The molecule has 0 amide bonds. The maximum atomic E-state index is 13.0. The molecular weight excluding hydrogens is 129 g/mol. The van der Waals surface area contributed by atoms with Gasteiger partial charge < -0.3 is 5.73 Å². The van der Waals surface area contributed by atoms with Crippen molar-refractivity contribution >= 4 is 0 Å². The fraction of sp³-hybridized carbons (Fsp3) is 1.00. The SMILES string of the molecule is NC1(C23CC(F)(C2)C3)CC1. The van der Waals surface area contributed by atoms with Crippen LogP contribution in [0.25, 0.3) is 0 Å². The van der Waals surface area contributed by atoms with Gasteiger partial charge in [-0.1, -0.05) is 0 Å². The lowest BCUT2D eigenvalue weighted by Gasteiger charge is -2.69. The molecule has 4 rings (SSSR count). The van der Waals surface area contributed by atoms with E-state index < -0.39 is 5.67 Å². The second-order valence-corrected chi connectivity index (χ2v) is 4.62. The molecule has 2 N–H and O–H groups in total. The number of hydrogen-bond donors (Lipinski definition) is 1. The zero-order chi connectivity index (χ0) is 7.04. The van der Waals surface area contributed by atoms with Crippen LogP contribution in [-0.2, 0) is 0 Å². The van der Waals surface area contributed by atoms with Crippen molar-refractivity contribution in [1.29, 1.82) is 0 Å². The first-order valence-electron chi connectivity index (χ1n) is 4.06. The smallest absolute Gasteiger partial charge is 0.112 e. The highest BCUT2D eigenvalue weighted by Crippen LogP contribution is 2.77. The molecule has 0 spiro atoms. The molecule has 0 aromatic heterocycles. The Morgan fingerprint density at radius 2 is 1.60 bits per heavy atom. The van der Waals surface area contributed by atoms with Gasteiger partial charge in [-0.15, -0.1) is 0 Å². The maximum absolute atomic E-state index is 13.0. The summed E-state index contributed by atoms with van der Waals surface area (Å²) >= 11 is 0. The average Bonchev–Trinajstić information content (AvgIpc) is 2.38. The quantitative estimate of drug-likeness (QED) is 0.586. The summed E-state index contributed by atoms with van der Waals surface area (Å²) in [5.74, 6) is 0. The van der Waals surface area contributed by atoms with Gasteiger partial charge in [0.05, 0.1) is 0 Å². The monoisotopic (exact) mass is 141 g/mol. The van der Waals surface area contributed by atoms with E-state index in [0.29, 0.717) is 0 Å². The first-order chi connectivity index (χ1) is 4.58. The van der Waals surface area contributed by atoms with Crippen molar-refractivity contribution in [1.82, 2.24) is 0 Å². The normalized spacial score (nSPS) is 60.6. The number of alkyl halides is 1. The van der Waals surface area contributed by atoms with Crippen molar-refractivity contribution in [3.05, 3.63) is 0 Å². The third-order valence-corrected chi connectivity index (χ3v) is 3.81. The van der Waals surface area contributed by atoms with Crippen molar-refractivity contribution in [2.45, 2.75) is 43.3 Å². The summed E-state index contributed by atoms with van der Waals surface area (Å²) in [6, 6.07) is 0. The van der Waals surface area contributed by atoms with Gasteiger partial charge in [0.25, 0.3) is 0 Å². The topological polar surface area (TPSA) is 26.0 Å². The first kappa shape index (κ1) is 5.53. The van der Waals surface area contributed by atoms with Crippen LogP contribution in [0, 0.1) is 5.41 Å². The molecule has 0 aliphatic heterocycles. The molecular formula is C8H12FN. The van der Waals surface area contributed by atoms with Gasteiger partial charge in [0.2, 0.25) is 0 Å². The van der Waals surface area contributed by atoms with Crippen molar-refractivity contribution in [2.75, 3.05) is 0 Å². The van der Waals surface area contributed by atoms with Gasteiger partial charge in [0, 0.05) is 5.54 Å². The highest BCUT2D eigenvalue weighted by Gasteiger charge is 2.77. The Labute approximate surface area is 59.8 Å². The van der Waals surface area contributed by atoms with Gasteiger partial charge in [-0.25, -0.2) is 4.39 Å². The highest BCUT2D eigenvalue weighted by atomic mass is 19.1. The molecule has 0 aromatic carbocycles. The van der Waals surface area contributed by atoms with Gasteiger partial charge in [-0.3, -0.25) is 0 Å². The standard InChI is InChI=1S/C8H12FN/c9-7-3-6(4-7,5-7)8(10)1-2-8/h1-5,10H2. The number of rotatable bonds is 1. The van der Waals surface area contributed by atoms with Crippen LogP contribution in [0.1, 0.15) is 32.1 Å². The molecule has 0 saturated heterocycles. The van der Waals surface area contributed by atoms with Gasteiger partial charge in [-0.2, -0.15) is 0 Å². The summed E-state index contributed by atoms with van der Waals surface area (Å²) in [7, 11) is 0. The van der Waals surface area contributed by atoms with Gasteiger partial charge in [-0.05, 0) is 37.5 Å². The van der Waals surface area contributed by atoms with Crippen LogP contribution in [0.5, 0.6) is 0 Å². The summed E-state index contributed by atoms with van der Waals surface area (Å²) in [4.78, 5) is 0. The first-order valence-corrected chi connectivity index (χ1v) is 4.06. The van der Waals surface area contributed by atoms with Gasteiger partial charge in [0.1, 0.15) is 5.67 Å². The lowest BCUT2D eigenvalue weighted by molar-refractivity contribution is -0.230. The van der Waals surface area contributed by atoms with Crippen LogP contribution < -0.4 is 5.73 Å². The lowest BCUT2D eigenvalue weighted by atomic mass is 9.39. The van der Waals surface area contributed by atoms with Crippen molar-refractivity contribution < 1.29 is 4.39 Å². The molecule has 4 fully saturated rings. The fourth-order valence-corrected chi connectivity index (χ4v) is 2.86. The Morgan fingerprint density at radius 3 is 1.90 bits per heavy atom. The van der Waals surface area contributed by atoms with Crippen molar-refractivity contribution in [3.63, 3.8) is 0 Å². The molecule has 4 saturated carbocycles. The van der Waals surface area contributed by atoms with Gasteiger partial charge in [0.15, 0.2) is 0 Å². The molecule has 0 aromatic rings. The van der Waals surface area contributed by atoms with E-state index >= 15 is 0 Å². The van der Waals surface area contributed by atoms with Crippen LogP contribution in [0.3, 0.4) is 0 Å².